The van der Waals surface area contributed by atoms with Crippen LogP contribution in [-0.2, 0) is 9.59 Å². The van der Waals surface area contributed by atoms with E-state index in [1.807, 2.05) is 10.9 Å². The van der Waals surface area contributed by atoms with Crippen molar-refractivity contribution in [2.75, 3.05) is 25.1 Å². The van der Waals surface area contributed by atoms with E-state index in [4.69, 9.17) is 9.47 Å². The van der Waals surface area contributed by atoms with Crippen LogP contribution in [0.25, 0.3) is 0 Å². The lowest BCUT2D eigenvalue weighted by molar-refractivity contribution is -0.138. The first-order chi connectivity index (χ1) is 12.4. The Balaban J connectivity index is 1.87. The standard InChI is InChI=1S/C16H16F2N4O4/c1-25-9-3-5-13(11(17)7-9)19-21-15(23)16(24)22-20-14-6-4-10(26-2)8-12(14)18/h3-8,19-20H,1-2H3,(H,21,23)(H,22,24). The Morgan fingerprint density at radius 2 is 1.15 bits per heavy atom. The molecule has 2 aromatic rings. The molecule has 0 aromatic heterocycles. The largest absolute Gasteiger partial charge is 0.497 e. The van der Waals surface area contributed by atoms with Crippen molar-refractivity contribution in [1.29, 1.82) is 0 Å². The van der Waals surface area contributed by atoms with E-state index in [9.17, 15) is 18.4 Å². The van der Waals surface area contributed by atoms with Gasteiger partial charge in [-0.25, -0.2) is 8.78 Å². The Kier molecular flexibility index (Phi) is 6.15. The van der Waals surface area contributed by atoms with Gasteiger partial charge in [-0.05, 0) is 24.3 Å². The fourth-order valence-electron chi connectivity index (χ4n) is 1.81. The second-order valence-electron chi connectivity index (χ2n) is 4.85. The molecule has 0 saturated heterocycles. The van der Waals surface area contributed by atoms with Crippen LogP contribution in [0.4, 0.5) is 20.2 Å². The molecule has 8 nitrogen and oxygen atoms in total. The van der Waals surface area contributed by atoms with Crippen LogP contribution in [0.15, 0.2) is 36.4 Å². The highest BCUT2D eigenvalue weighted by molar-refractivity contribution is 6.35. The van der Waals surface area contributed by atoms with E-state index >= 15 is 0 Å². The summed E-state index contributed by atoms with van der Waals surface area (Å²) in [5, 5.41) is 0. The van der Waals surface area contributed by atoms with Crippen LogP contribution in [0.5, 0.6) is 11.5 Å². The number of hydrazine groups is 2. The second kappa shape index (κ2) is 8.51. The lowest BCUT2D eigenvalue weighted by Gasteiger charge is -2.12. The van der Waals surface area contributed by atoms with Gasteiger partial charge >= 0.3 is 11.8 Å². The molecule has 0 fully saturated rings. The van der Waals surface area contributed by atoms with Gasteiger partial charge in [0.15, 0.2) is 11.6 Å². The molecule has 0 aliphatic carbocycles. The number of methoxy groups -OCH3 is 2. The van der Waals surface area contributed by atoms with Crippen molar-refractivity contribution in [2.24, 2.45) is 0 Å². The van der Waals surface area contributed by atoms with Crippen LogP contribution < -0.4 is 31.2 Å². The Hall–Kier alpha value is -3.56. The van der Waals surface area contributed by atoms with Crippen LogP contribution >= 0.6 is 0 Å². The predicted molar refractivity (Wildman–Crippen MR) is 89.4 cm³/mol. The Morgan fingerprint density at radius 3 is 1.46 bits per heavy atom. The van der Waals surface area contributed by atoms with Gasteiger partial charge in [0.1, 0.15) is 11.5 Å². The monoisotopic (exact) mass is 366 g/mol. The lowest BCUT2D eigenvalue weighted by Crippen LogP contribution is -2.44. The van der Waals surface area contributed by atoms with Crippen molar-refractivity contribution < 1.29 is 27.8 Å². The molecular formula is C16H16F2N4O4. The minimum absolute atomic E-state index is 0.0684. The van der Waals surface area contributed by atoms with Gasteiger partial charge in [0.25, 0.3) is 0 Å². The zero-order chi connectivity index (χ0) is 19.1. The molecule has 10 heteroatoms. The maximum absolute atomic E-state index is 13.7. The molecule has 0 radical (unpaired) electrons. The van der Waals surface area contributed by atoms with Crippen molar-refractivity contribution in [2.45, 2.75) is 0 Å². The minimum Gasteiger partial charge on any atom is -0.497 e. The van der Waals surface area contributed by atoms with E-state index in [1.165, 1.54) is 38.5 Å². The smallest absolute Gasteiger partial charge is 0.329 e. The van der Waals surface area contributed by atoms with E-state index in [2.05, 4.69) is 10.9 Å². The molecule has 0 aliphatic heterocycles. The number of hydrogen-bond donors (Lipinski definition) is 4. The molecule has 26 heavy (non-hydrogen) atoms. The highest BCUT2D eigenvalue weighted by Crippen LogP contribution is 2.20. The quantitative estimate of drug-likeness (QED) is 0.457. The van der Waals surface area contributed by atoms with Gasteiger partial charge in [-0.1, -0.05) is 0 Å². The molecule has 0 spiro atoms. The summed E-state index contributed by atoms with van der Waals surface area (Å²) >= 11 is 0. The van der Waals surface area contributed by atoms with Crippen molar-refractivity contribution >= 4 is 23.2 Å². The molecule has 0 heterocycles. The van der Waals surface area contributed by atoms with E-state index in [1.54, 1.807) is 0 Å². The fraction of sp³-hybridized carbons (Fsp3) is 0.125. The normalized spacial score (nSPS) is 9.85. The number of carbonyl (C=O) groups excluding carboxylic acids is 2. The van der Waals surface area contributed by atoms with Gasteiger partial charge in [0, 0.05) is 12.1 Å². The van der Waals surface area contributed by atoms with Gasteiger partial charge in [-0.15, -0.1) is 0 Å². The van der Waals surface area contributed by atoms with Crippen LogP contribution in [0.3, 0.4) is 0 Å². The third-order valence-electron chi connectivity index (χ3n) is 3.18. The topological polar surface area (TPSA) is 101 Å². The van der Waals surface area contributed by atoms with Crippen LogP contribution in [0.1, 0.15) is 0 Å². The number of benzene rings is 2. The number of nitrogens with one attached hydrogen (secondary N) is 4. The Bertz CT molecular complexity index is 749. The molecular weight excluding hydrogens is 350 g/mol. The van der Waals surface area contributed by atoms with E-state index in [0.29, 0.717) is 11.5 Å². The number of carbonyl (C=O) groups is 2. The fourth-order valence-corrected chi connectivity index (χ4v) is 1.81. The van der Waals surface area contributed by atoms with E-state index in [-0.39, 0.29) is 11.4 Å². The third-order valence-corrected chi connectivity index (χ3v) is 3.18. The summed E-state index contributed by atoms with van der Waals surface area (Å²) in [5.41, 5.74) is 8.40. The SMILES string of the molecule is COc1ccc(NNC(=O)C(=O)NNc2ccc(OC)cc2F)c(F)c1. The third kappa shape index (κ3) is 4.72. The molecule has 4 N–H and O–H groups in total. The van der Waals surface area contributed by atoms with Gasteiger partial charge in [-0.2, -0.15) is 0 Å². The molecule has 138 valence electrons. The zero-order valence-corrected chi connectivity index (χ0v) is 13.9. The molecule has 0 bridgehead atoms. The summed E-state index contributed by atoms with van der Waals surface area (Å²) in [6.45, 7) is 0. The molecule has 2 aromatic carbocycles. The number of halogens is 2. The highest BCUT2D eigenvalue weighted by Gasteiger charge is 2.14. The molecule has 0 aliphatic rings. The van der Waals surface area contributed by atoms with Crippen molar-refractivity contribution in [3.8, 4) is 11.5 Å². The summed E-state index contributed by atoms with van der Waals surface area (Å²) in [6.07, 6.45) is 0. The van der Waals surface area contributed by atoms with Crippen molar-refractivity contribution in [3.63, 3.8) is 0 Å². The first kappa shape index (κ1) is 18.8. The molecule has 0 saturated carbocycles. The van der Waals surface area contributed by atoms with Crippen LogP contribution in [-0.4, -0.2) is 26.0 Å². The zero-order valence-electron chi connectivity index (χ0n) is 13.9. The molecule has 0 atom stereocenters. The van der Waals surface area contributed by atoms with Gasteiger partial charge < -0.3 is 9.47 Å². The number of hydrogen-bond acceptors (Lipinski definition) is 6. The van der Waals surface area contributed by atoms with E-state index < -0.39 is 23.4 Å². The summed E-state index contributed by atoms with van der Waals surface area (Å²) < 4.78 is 37.1. The summed E-state index contributed by atoms with van der Waals surface area (Å²) in [6, 6.07) is 7.76. The van der Waals surface area contributed by atoms with E-state index in [0.717, 1.165) is 12.1 Å². The van der Waals surface area contributed by atoms with Crippen molar-refractivity contribution in [1.82, 2.24) is 10.9 Å². The summed E-state index contributed by atoms with van der Waals surface area (Å²) in [4.78, 5) is 23.3. The summed E-state index contributed by atoms with van der Waals surface area (Å²) in [5.74, 6) is -3.04. The molecule has 0 unspecified atom stereocenters. The van der Waals surface area contributed by atoms with Gasteiger partial charge in [-0.3, -0.25) is 31.3 Å². The number of rotatable bonds is 6. The number of ether oxygens (including phenoxy) is 2. The Morgan fingerprint density at radius 1 is 0.769 bits per heavy atom. The Labute approximate surface area is 147 Å². The van der Waals surface area contributed by atoms with Crippen molar-refractivity contribution in [3.05, 3.63) is 48.0 Å². The molecule has 2 rings (SSSR count). The number of amides is 2. The maximum atomic E-state index is 13.7. The lowest BCUT2D eigenvalue weighted by atomic mass is 10.3. The highest BCUT2D eigenvalue weighted by atomic mass is 19.1. The predicted octanol–water partition coefficient (Wildman–Crippen LogP) is 1.57. The summed E-state index contributed by atoms with van der Waals surface area (Å²) in [7, 11) is 2.76. The first-order valence-electron chi connectivity index (χ1n) is 7.24. The average Bonchev–Trinajstić information content (AvgIpc) is 2.65. The van der Waals surface area contributed by atoms with Crippen LogP contribution in [0.2, 0.25) is 0 Å². The minimum atomic E-state index is -1.12. The number of anilines is 2. The second-order valence-corrected chi connectivity index (χ2v) is 4.85. The molecule has 2 amide bonds. The van der Waals surface area contributed by atoms with Crippen LogP contribution in [0, 0.1) is 11.6 Å². The average molecular weight is 366 g/mol. The maximum Gasteiger partial charge on any atom is 0.329 e. The van der Waals surface area contributed by atoms with Gasteiger partial charge in [0.05, 0.1) is 25.6 Å². The first-order valence-corrected chi connectivity index (χ1v) is 7.24. The van der Waals surface area contributed by atoms with Gasteiger partial charge in [0.2, 0.25) is 0 Å².